The molecule has 0 bridgehead atoms. The lowest BCUT2D eigenvalue weighted by Gasteiger charge is -1.94. The highest BCUT2D eigenvalue weighted by atomic mass is 16.5. The molecule has 0 saturated carbocycles. The molecule has 0 spiro atoms. The Hall–Kier alpha value is -0.830. The van der Waals surface area contributed by atoms with Gasteiger partial charge in [-0.05, 0) is 6.07 Å². The van der Waals surface area contributed by atoms with E-state index in [2.05, 4.69) is 5.10 Å². The van der Waals surface area contributed by atoms with E-state index in [0.717, 1.165) is 0 Å². The zero-order valence-electron chi connectivity index (χ0n) is 4.74. The number of aromatic nitrogens is 2. The van der Waals surface area contributed by atoms with Crippen molar-refractivity contribution in [2.75, 3.05) is 7.11 Å². The molecule has 0 aliphatic rings. The molecule has 0 aromatic carbocycles. The van der Waals surface area contributed by atoms with Crippen molar-refractivity contribution in [2.45, 2.75) is 6.73 Å². The molecule has 0 N–H and O–H groups in total. The molecule has 0 amide bonds. The quantitative estimate of drug-likeness (QED) is 0.556. The summed E-state index contributed by atoms with van der Waals surface area (Å²) in [5.41, 5.74) is 0. The second-order valence-electron chi connectivity index (χ2n) is 1.46. The third kappa shape index (κ3) is 1.07. The van der Waals surface area contributed by atoms with Gasteiger partial charge in [-0.3, -0.25) is 0 Å². The van der Waals surface area contributed by atoms with Crippen LogP contribution in [0.3, 0.4) is 0 Å². The Morgan fingerprint density at radius 2 is 2.62 bits per heavy atom. The number of methoxy groups -OCH3 is 1. The Labute approximate surface area is 47.9 Å². The van der Waals surface area contributed by atoms with Crippen LogP contribution in [0.2, 0.25) is 0 Å². The van der Waals surface area contributed by atoms with Crippen LogP contribution >= 0.6 is 0 Å². The van der Waals surface area contributed by atoms with E-state index >= 15 is 0 Å². The largest absolute Gasteiger partial charge is 0.362 e. The Bertz CT molecular complexity index is 136. The van der Waals surface area contributed by atoms with Gasteiger partial charge in [0.1, 0.15) is 6.73 Å². The first-order valence-electron chi connectivity index (χ1n) is 2.40. The molecule has 1 rings (SSSR count). The zero-order chi connectivity index (χ0) is 5.82. The molecule has 0 saturated heterocycles. The molecular weight excluding hydrogens is 104 g/mol. The average molecular weight is 112 g/mol. The lowest BCUT2D eigenvalue weighted by atomic mass is 10.8. The first-order valence-corrected chi connectivity index (χ1v) is 2.40. The molecule has 0 aliphatic heterocycles. The van der Waals surface area contributed by atoms with E-state index in [9.17, 15) is 0 Å². The lowest BCUT2D eigenvalue weighted by Crippen LogP contribution is -1.98. The van der Waals surface area contributed by atoms with E-state index < -0.39 is 0 Å². The molecule has 0 unspecified atom stereocenters. The van der Waals surface area contributed by atoms with E-state index in [1.807, 2.05) is 12.3 Å². The topological polar surface area (TPSA) is 27.1 Å². The Kier molecular flexibility index (Phi) is 1.64. The number of nitrogens with zero attached hydrogens (tertiary/aromatic N) is 2. The smallest absolute Gasteiger partial charge is 0.138 e. The number of ether oxygens (including phenoxy) is 1. The molecular formula is C5H8N2O. The fourth-order valence-corrected chi connectivity index (χ4v) is 0.509. The fourth-order valence-electron chi connectivity index (χ4n) is 0.509. The fraction of sp³-hybridized carbons (Fsp3) is 0.400. The number of hydrogen-bond donors (Lipinski definition) is 0. The van der Waals surface area contributed by atoms with Crippen LogP contribution in [0.25, 0.3) is 0 Å². The monoisotopic (exact) mass is 112 g/mol. The van der Waals surface area contributed by atoms with Gasteiger partial charge < -0.3 is 4.74 Å². The van der Waals surface area contributed by atoms with Gasteiger partial charge in [0.05, 0.1) is 0 Å². The highest BCUT2D eigenvalue weighted by Crippen LogP contribution is 1.82. The number of rotatable bonds is 2. The van der Waals surface area contributed by atoms with Crippen molar-refractivity contribution in [1.29, 1.82) is 0 Å². The summed E-state index contributed by atoms with van der Waals surface area (Å²) >= 11 is 0. The number of hydrogen-bond acceptors (Lipinski definition) is 2. The van der Waals surface area contributed by atoms with Gasteiger partial charge in [0.2, 0.25) is 0 Å². The minimum absolute atomic E-state index is 0.535. The van der Waals surface area contributed by atoms with Crippen molar-refractivity contribution < 1.29 is 4.74 Å². The highest BCUT2D eigenvalue weighted by molar-refractivity contribution is 4.76. The molecule has 0 atom stereocenters. The second kappa shape index (κ2) is 2.47. The van der Waals surface area contributed by atoms with Gasteiger partial charge in [-0.25, -0.2) is 4.68 Å². The summed E-state index contributed by atoms with van der Waals surface area (Å²) in [5, 5.41) is 3.90. The third-order valence-corrected chi connectivity index (χ3v) is 0.821. The summed E-state index contributed by atoms with van der Waals surface area (Å²) in [6.07, 6.45) is 3.57. The summed E-state index contributed by atoms with van der Waals surface area (Å²) in [7, 11) is 1.64. The molecule has 3 heteroatoms. The minimum Gasteiger partial charge on any atom is -0.362 e. The summed E-state index contributed by atoms with van der Waals surface area (Å²) in [6.45, 7) is 0.535. The van der Waals surface area contributed by atoms with Crippen LogP contribution < -0.4 is 0 Å². The Morgan fingerprint density at radius 3 is 3.12 bits per heavy atom. The molecule has 0 radical (unpaired) electrons. The van der Waals surface area contributed by atoms with E-state index in [1.54, 1.807) is 18.0 Å². The second-order valence-corrected chi connectivity index (χ2v) is 1.46. The molecule has 1 heterocycles. The van der Waals surface area contributed by atoms with Gasteiger partial charge in [-0.1, -0.05) is 0 Å². The Balaban J connectivity index is 2.50. The molecule has 1 aromatic heterocycles. The van der Waals surface area contributed by atoms with Crippen molar-refractivity contribution in [3.05, 3.63) is 18.5 Å². The van der Waals surface area contributed by atoms with Crippen LogP contribution in [0.5, 0.6) is 0 Å². The zero-order valence-corrected chi connectivity index (χ0v) is 4.74. The predicted octanol–water partition coefficient (Wildman–Crippen LogP) is 0.487. The molecule has 0 fully saturated rings. The van der Waals surface area contributed by atoms with Crippen molar-refractivity contribution in [2.24, 2.45) is 0 Å². The van der Waals surface area contributed by atoms with E-state index in [-0.39, 0.29) is 0 Å². The Morgan fingerprint density at radius 1 is 1.75 bits per heavy atom. The minimum atomic E-state index is 0.535. The first kappa shape index (κ1) is 5.31. The maximum Gasteiger partial charge on any atom is 0.138 e. The first-order chi connectivity index (χ1) is 3.93. The standard InChI is InChI=1S/C5H8N2O/c1-8-5-7-4-2-3-6-7/h2-4H,5H2,1H3. The van der Waals surface area contributed by atoms with Crippen LogP contribution in [0.15, 0.2) is 18.5 Å². The molecule has 3 nitrogen and oxygen atoms in total. The van der Waals surface area contributed by atoms with Gasteiger partial charge in [0.15, 0.2) is 0 Å². The van der Waals surface area contributed by atoms with Gasteiger partial charge in [0, 0.05) is 19.5 Å². The predicted molar refractivity (Wildman–Crippen MR) is 29.2 cm³/mol. The molecule has 8 heavy (non-hydrogen) atoms. The molecule has 44 valence electrons. The third-order valence-electron chi connectivity index (χ3n) is 0.821. The van der Waals surface area contributed by atoms with Gasteiger partial charge in [-0.15, -0.1) is 0 Å². The van der Waals surface area contributed by atoms with Crippen molar-refractivity contribution in [3.8, 4) is 0 Å². The maximum atomic E-state index is 4.79. The van der Waals surface area contributed by atoms with E-state index in [0.29, 0.717) is 6.73 Å². The van der Waals surface area contributed by atoms with Gasteiger partial charge in [-0.2, -0.15) is 5.10 Å². The van der Waals surface area contributed by atoms with Crippen LogP contribution in [-0.2, 0) is 11.5 Å². The molecule has 0 aliphatic carbocycles. The summed E-state index contributed by atoms with van der Waals surface area (Å²) < 4.78 is 6.50. The highest BCUT2D eigenvalue weighted by Gasteiger charge is 1.82. The van der Waals surface area contributed by atoms with Crippen LogP contribution in [-0.4, -0.2) is 16.9 Å². The average Bonchev–Trinajstić information content (AvgIpc) is 2.19. The normalized spacial score (nSPS) is 9.62. The van der Waals surface area contributed by atoms with Crippen molar-refractivity contribution >= 4 is 0 Å². The maximum absolute atomic E-state index is 4.79. The van der Waals surface area contributed by atoms with E-state index in [4.69, 9.17) is 4.74 Å². The van der Waals surface area contributed by atoms with E-state index in [1.165, 1.54) is 0 Å². The van der Waals surface area contributed by atoms with Gasteiger partial charge >= 0.3 is 0 Å². The summed E-state index contributed by atoms with van der Waals surface area (Å²) in [6, 6.07) is 1.86. The van der Waals surface area contributed by atoms with Gasteiger partial charge in [0.25, 0.3) is 0 Å². The van der Waals surface area contributed by atoms with Crippen LogP contribution in [0.1, 0.15) is 0 Å². The van der Waals surface area contributed by atoms with Crippen LogP contribution in [0, 0.1) is 0 Å². The molecule has 1 aromatic rings. The lowest BCUT2D eigenvalue weighted by molar-refractivity contribution is 0.120. The van der Waals surface area contributed by atoms with Crippen LogP contribution in [0.4, 0.5) is 0 Å². The SMILES string of the molecule is COCn1cccn1. The van der Waals surface area contributed by atoms with Crippen molar-refractivity contribution in [3.63, 3.8) is 0 Å². The summed E-state index contributed by atoms with van der Waals surface area (Å²) in [5.74, 6) is 0. The van der Waals surface area contributed by atoms with Crippen molar-refractivity contribution in [1.82, 2.24) is 9.78 Å². The summed E-state index contributed by atoms with van der Waals surface area (Å²) in [4.78, 5) is 0.